The molecule has 0 radical (unpaired) electrons. The van der Waals surface area contributed by atoms with Gasteiger partial charge in [-0.3, -0.25) is 19.2 Å². The summed E-state index contributed by atoms with van der Waals surface area (Å²) in [4.78, 5) is 29.7. The summed E-state index contributed by atoms with van der Waals surface area (Å²) in [5, 5.41) is 16.5. The van der Waals surface area contributed by atoms with Crippen LogP contribution >= 0.6 is 0 Å². The Morgan fingerprint density at radius 1 is 1.19 bits per heavy atom. The van der Waals surface area contributed by atoms with Crippen molar-refractivity contribution in [2.24, 2.45) is 7.05 Å². The summed E-state index contributed by atoms with van der Waals surface area (Å²) >= 11 is 0. The Labute approximate surface area is 211 Å². The number of nitrogens with zero attached hydrogens (tertiary/aromatic N) is 6. The number of hydrogen-bond acceptors (Lipinski definition) is 6. The molecule has 0 aliphatic carbocycles. The number of hydrogen-bond donors (Lipinski definition) is 1. The largest absolute Gasteiger partial charge is 0.364 e. The first-order chi connectivity index (χ1) is 17.3. The SMILES string of the molecule is CC[C@H]1CN([C@@H](C)c2ccc(C(=O)NC)cc2)[C@H](CC)CN1c1cc(=O)n(C)c2cn(CC#N)nc12. The molecule has 190 valence electrons. The average molecular weight is 490 g/mol. The lowest BCUT2D eigenvalue weighted by molar-refractivity contribution is 0.0961. The number of carbonyl (C=O) groups excluding carboxylic acids is 1. The average Bonchev–Trinajstić information content (AvgIpc) is 3.33. The summed E-state index contributed by atoms with van der Waals surface area (Å²) in [6, 6.07) is 12.3. The molecular weight excluding hydrogens is 454 g/mol. The topological polar surface area (TPSA) is 99.2 Å². The Morgan fingerprint density at radius 2 is 1.89 bits per heavy atom. The number of amides is 1. The first-order valence-corrected chi connectivity index (χ1v) is 12.6. The highest BCUT2D eigenvalue weighted by Crippen LogP contribution is 2.34. The zero-order valence-corrected chi connectivity index (χ0v) is 21.7. The first-order valence-electron chi connectivity index (χ1n) is 12.6. The van der Waals surface area contributed by atoms with Gasteiger partial charge in [-0.1, -0.05) is 26.0 Å². The van der Waals surface area contributed by atoms with Crippen LogP contribution in [0.4, 0.5) is 5.69 Å². The number of pyridine rings is 1. The molecule has 1 aromatic carbocycles. The Hall–Kier alpha value is -3.64. The van der Waals surface area contributed by atoms with Crippen molar-refractivity contribution in [2.75, 3.05) is 25.0 Å². The molecule has 0 saturated carbocycles. The summed E-state index contributed by atoms with van der Waals surface area (Å²) in [5.41, 5.74) is 4.09. The fourth-order valence-corrected chi connectivity index (χ4v) is 5.32. The van der Waals surface area contributed by atoms with E-state index in [1.54, 1.807) is 35.6 Å². The van der Waals surface area contributed by atoms with Crippen LogP contribution in [0.15, 0.2) is 41.3 Å². The fourth-order valence-electron chi connectivity index (χ4n) is 5.32. The third kappa shape index (κ3) is 4.61. The van der Waals surface area contributed by atoms with E-state index in [2.05, 4.69) is 47.1 Å². The molecule has 0 bridgehead atoms. The van der Waals surface area contributed by atoms with Gasteiger partial charge in [0.2, 0.25) is 0 Å². The van der Waals surface area contributed by atoms with Crippen LogP contribution in [-0.2, 0) is 13.6 Å². The van der Waals surface area contributed by atoms with E-state index in [0.29, 0.717) is 5.56 Å². The molecule has 2 aromatic heterocycles. The van der Waals surface area contributed by atoms with E-state index < -0.39 is 0 Å². The van der Waals surface area contributed by atoms with E-state index in [-0.39, 0.29) is 36.1 Å². The monoisotopic (exact) mass is 489 g/mol. The van der Waals surface area contributed by atoms with Crippen molar-refractivity contribution in [3.8, 4) is 6.07 Å². The number of piperazine rings is 1. The molecule has 9 heteroatoms. The van der Waals surface area contributed by atoms with E-state index in [4.69, 9.17) is 5.26 Å². The minimum Gasteiger partial charge on any atom is -0.364 e. The van der Waals surface area contributed by atoms with Gasteiger partial charge >= 0.3 is 0 Å². The number of rotatable bonds is 7. The van der Waals surface area contributed by atoms with Crippen LogP contribution in [0.5, 0.6) is 0 Å². The minimum absolute atomic E-state index is 0.0797. The van der Waals surface area contributed by atoms with Crippen LogP contribution in [0.2, 0.25) is 0 Å². The highest BCUT2D eigenvalue weighted by Gasteiger charge is 2.36. The van der Waals surface area contributed by atoms with Gasteiger partial charge in [-0.15, -0.1) is 0 Å². The second-order valence-electron chi connectivity index (χ2n) is 9.50. The van der Waals surface area contributed by atoms with Crippen LogP contribution in [0.1, 0.15) is 55.6 Å². The van der Waals surface area contributed by atoms with Crippen molar-refractivity contribution in [1.82, 2.24) is 24.6 Å². The van der Waals surface area contributed by atoms with Crippen molar-refractivity contribution in [1.29, 1.82) is 5.26 Å². The van der Waals surface area contributed by atoms with E-state index in [1.807, 2.05) is 24.3 Å². The summed E-state index contributed by atoms with van der Waals surface area (Å²) in [7, 11) is 3.38. The maximum Gasteiger partial charge on any atom is 0.252 e. The van der Waals surface area contributed by atoms with Crippen molar-refractivity contribution >= 4 is 22.6 Å². The summed E-state index contributed by atoms with van der Waals surface area (Å²) < 4.78 is 3.20. The smallest absolute Gasteiger partial charge is 0.252 e. The van der Waals surface area contributed by atoms with Crippen LogP contribution in [0.25, 0.3) is 11.0 Å². The molecule has 3 atom stereocenters. The van der Waals surface area contributed by atoms with Gasteiger partial charge in [0.05, 0.1) is 23.5 Å². The van der Waals surface area contributed by atoms with Crippen LogP contribution in [0.3, 0.4) is 0 Å². The van der Waals surface area contributed by atoms with Crippen LogP contribution in [0, 0.1) is 11.3 Å². The summed E-state index contributed by atoms with van der Waals surface area (Å²) in [5.74, 6) is -0.0853. The van der Waals surface area contributed by atoms with Crippen molar-refractivity contribution in [3.63, 3.8) is 0 Å². The summed E-state index contributed by atoms with van der Waals surface area (Å²) in [6.45, 7) is 8.37. The van der Waals surface area contributed by atoms with Gasteiger partial charge in [0.15, 0.2) is 0 Å². The lowest BCUT2D eigenvalue weighted by atomic mass is 9.96. The normalized spacial score (nSPS) is 19.3. The van der Waals surface area contributed by atoms with Gasteiger partial charge in [-0.2, -0.15) is 10.4 Å². The lowest BCUT2D eigenvalue weighted by Gasteiger charge is -2.49. The molecule has 1 aliphatic rings. The maximum atomic E-state index is 12.9. The van der Waals surface area contributed by atoms with Gasteiger partial charge in [0.25, 0.3) is 11.5 Å². The Kier molecular flexibility index (Phi) is 7.45. The number of nitrogens with one attached hydrogen (secondary N) is 1. The molecule has 0 spiro atoms. The van der Waals surface area contributed by atoms with Crippen LogP contribution < -0.4 is 15.8 Å². The summed E-state index contributed by atoms with van der Waals surface area (Å²) in [6.07, 6.45) is 3.66. The molecule has 1 fully saturated rings. The van der Waals surface area contributed by atoms with E-state index in [1.165, 1.54) is 5.56 Å². The number of anilines is 1. The number of benzene rings is 1. The number of aromatic nitrogens is 3. The first kappa shape index (κ1) is 25.5. The van der Waals surface area contributed by atoms with E-state index in [9.17, 15) is 9.59 Å². The van der Waals surface area contributed by atoms with Crippen LogP contribution in [-0.4, -0.2) is 57.4 Å². The maximum absolute atomic E-state index is 12.9. The van der Waals surface area contributed by atoms with E-state index in [0.717, 1.165) is 42.7 Å². The molecule has 3 heterocycles. The Morgan fingerprint density at radius 3 is 2.50 bits per heavy atom. The predicted octanol–water partition coefficient (Wildman–Crippen LogP) is 3.06. The highest BCUT2D eigenvalue weighted by molar-refractivity contribution is 5.94. The fraction of sp³-hybridized carbons (Fsp3) is 0.481. The standard InChI is InChI=1S/C27H35N7O2/c1-6-21-16-34(23-14-25(35)31(5)24-17-32(13-12-28)30-26(23)24)22(7-2)15-33(21)18(3)19-8-10-20(11-9-19)27(36)29-4/h8-11,14,17-18,21-22H,6-7,13,15-16H2,1-5H3,(H,29,36)/t18-,21+,22-/m0/s1. The zero-order chi connectivity index (χ0) is 26.0. The molecule has 4 rings (SSSR count). The number of aryl methyl sites for hydroxylation is 1. The number of fused-ring (bicyclic) bond motifs is 1. The van der Waals surface area contributed by atoms with Gasteiger partial charge in [-0.05, 0) is 37.5 Å². The highest BCUT2D eigenvalue weighted by atomic mass is 16.1. The van der Waals surface area contributed by atoms with E-state index >= 15 is 0 Å². The molecule has 1 N–H and O–H groups in total. The van der Waals surface area contributed by atoms with Gasteiger partial charge < -0.3 is 14.8 Å². The molecule has 1 saturated heterocycles. The Balaban J connectivity index is 1.67. The van der Waals surface area contributed by atoms with Crippen molar-refractivity contribution < 1.29 is 4.79 Å². The number of carbonyl (C=O) groups is 1. The quantitative estimate of drug-likeness (QED) is 0.548. The van der Waals surface area contributed by atoms with Crippen molar-refractivity contribution in [2.45, 2.75) is 58.3 Å². The second kappa shape index (κ2) is 10.5. The molecule has 36 heavy (non-hydrogen) atoms. The molecule has 3 aromatic rings. The number of nitriles is 1. The van der Waals surface area contributed by atoms with Gasteiger partial charge in [-0.25, -0.2) is 0 Å². The lowest BCUT2D eigenvalue weighted by Crippen LogP contribution is -2.58. The molecular formula is C27H35N7O2. The van der Waals surface area contributed by atoms with Gasteiger partial charge in [0, 0.05) is 56.9 Å². The Bertz CT molecular complexity index is 1340. The molecule has 0 unspecified atom stereocenters. The third-order valence-corrected chi connectivity index (χ3v) is 7.54. The third-order valence-electron chi connectivity index (χ3n) is 7.54. The van der Waals surface area contributed by atoms with Crippen molar-refractivity contribution in [3.05, 3.63) is 58.0 Å². The minimum atomic E-state index is -0.0853. The molecule has 1 amide bonds. The molecule has 1 aliphatic heterocycles. The van der Waals surface area contributed by atoms with Gasteiger partial charge in [0.1, 0.15) is 12.1 Å². The predicted molar refractivity (Wildman–Crippen MR) is 141 cm³/mol. The zero-order valence-electron chi connectivity index (χ0n) is 21.7. The second-order valence-corrected chi connectivity index (χ2v) is 9.50. The molecule has 9 nitrogen and oxygen atoms in total.